The topological polar surface area (TPSA) is 52.6 Å². The Bertz CT molecular complexity index is 563. The van der Waals surface area contributed by atoms with Gasteiger partial charge >= 0.3 is 11.9 Å². The molecular weight excluding hydrogens is 292 g/mol. The number of hydrogen-bond donors (Lipinski definition) is 0. The van der Waals surface area contributed by atoms with E-state index in [0.717, 1.165) is 19.3 Å². The van der Waals surface area contributed by atoms with Gasteiger partial charge < -0.3 is 9.47 Å². The van der Waals surface area contributed by atoms with Crippen LogP contribution in [0.2, 0.25) is 0 Å². The van der Waals surface area contributed by atoms with Crippen LogP contribution in [0.15, 0.2) is 24.3 Å². The Morgan fingerprint density at radius 2 is 1.65 bits per heavy atom. The molecule has 0 bridgehead atoms. The van der Waals surface area contributed by atoms with E-state index in [4.69, 9.17) is 9.47 Å². The van der Waals surface area contributed by atoms with Gasteiger partial charge in [0.1, 0.15) is 0 Å². The fourth-order valence-corrected chi connectivity index (χ4v) is 2.09. The first-order valence-corrected chi connectivity index (χ1v) is 8.06. The first kappa shape index (κ1) is 18.8. The third-order valence-electron chi connectivity index (χ3n) is 3.19. The summed E-state index contributed by atoms with van der Waals surface area (Å²) < 4.78 is 10.1. The van der Waals surface area contributed by atoms with Crippen molar-refractivity contribution in [3.63, 3.8) is 0 Å². The number of carbonyl (C=O) groups is 2. The SMILES string of the molecule is CCCCC#Cc1ccccc1C(C(=O)OCC)C(=O)OCC. The molecule has 124 valence electrons. The van der Waals surface area contributed by atoms with Crippen molar-refractivity contribution in [2.45, 2.75) is 46.0 Å². The molecule has 0 aliphatic carbocycles. The Morgan fingerprint density at radius 1 is 1.04 bits per heavy atom. The predicted octanol–water partition coefficient (Wildman–Crippen LogP) is 3.44. The Labute approximate surface area is 138 Å². The zero-order valence-corrected chi connectivity index (χ0v) is 14.1. The summed E-state index contributed by atoms with van der Waals surface area (Å²) in [6, 6.07) is 7.14. The van der Waals surface area contributed by atoms with Crippen LogP contribution in [0.4, 0.5) is 0 Å². The zero-order valence-electron chi connectivity index (χ0n) is 14.1. The second-order valence-corrected chi connectivity index (χ2v) is 4.93. The standard InChI is InChI=1S/C19H24O4/c1-4-7-8-9-12-15-13-10-11-14-16(15)17(18(20)22-5-2)19(21)23-6-3/h10-11,13-14,17H,4-8H2,1-3H3. The van der Waals surface area contributed by atoms with Gasteiger partial charge in [0.05, 0.1) is 13.2 Å². The minimum Gasteiger partial charge on any atom is -0.465 e. The fourth-order valence-electron chi connectivity index (χ4n) is 2.09. The third kappa shape index (κ3) is 5.78. The molecule has 4 nitrogen and oxygen atoms in total. The first-order valence-electron chi connectivity index (χ1n) is 8.06. The van der Waals surface area contributed by atoms with Gasteiger partial charge in [0.15, 0.2) is 5.92 Å². The average Bonchev–Trinajstić information content (AvgIpc) is 2.53. The van der Waals surface area contributed by atoms with E-state index in [1.54, 1.807) is 32.0 Å². The zero-order chi connectivity index (χ0) is 17.1. The fraction of sp³-hybridized carbons (Fsp3) is 0.474. The van der Waals surface area contributed by atoms with Gasteiger partial charge in [-0.25, -0.2) is 0 Å². The van der Waals surface area contributed by atoms with Crippen LogP contribution < -0.4 is 0 Å². The van der Waals surface area contributed by atoms with E-state index in [1.165, 1.54) is 0 Å². The molecule has 0 fully saturated rings. The maximum Gasteiger partial charge on any atom is 0.324 e. The van der Waals surface area contributed by atoms with Crippen molar-refractivity contribution in [3.8, 4) is 11.8 Å². The molecule has 4 heteroatoms. The number of hydrogen-bond acceptors (Lipinski definition) is 4. The smallest absolute Gasteiger partial charge is 0.324 e. The maximum absolute atomic E-state index is 12.2. The van der Waals surface area contributed by atoms with E-state index < -0.39 is 17.9 Å². The molecule has 0 spiro atoms. The molecule has 0 unspecified atom stereocenters. The number of benzene rings is 1. The first-order chi connectivity index (χ1) is 11.2. The minimum atomic E-state index is -1.09. The highest BCUT2D eigenvalue weighted by Crippen LogP contribution is 2.23. The Kier molecular flexibility index (Phi) is 8.52. The molecule has 0 radical (unpaired) electrons. The molecule has 0 aliphatic rings. The lowest BCUT2D eigenvalue weighted by molar-refractivity contribution is -0.156. The average molecular weight is 316 g/mol. The highest BCUT2D eigenvalue weighted by molar-refractivity contribution is 6.01. The number of unbranched alkanes of at least 4 members (excludes halogenated alkanes) is 2. The summed E-state index contributed by atoms with van der Waals surface area (Å²) in [6.45, 7) is 5.93. The van der Waals surface area contributed by atoms with Crippen LogP contribution in [-0.4, -0.2) is 25.2 Å². The Hall–Kier alpha value is -2.28. The highest BCUT2D eigenvalue weighted by Gasteiger charge is 2.32. The Morgan fingerprint density at radius 3 is 2.22 bits per heavy atom. The quantitative estimate of drug-likeness (QED) is 0.335. The van der Waals surface area contributed by atoms with Crippen LogP contribution in [0.5, 0.6) is 0 Å². The number of rotatable bonds is 7. The lowest BCUT2D eigenvalue weighted by atomic mass is 9.94. The maximum atomic E-state index is 12.2. The van der Waals surface area contributed by atoms with Crippen molar-refractivity contribution < 1.29 is 19.1 Å². The van der Waals surface area contributed by atoms with E-state index in [0.29, 0.717) is 11.1 Å². The van der Waals surface area contributed by atoms with E-state index in [-0.39, 0.29) is 13.2 Å². The van der Waals surface area contributed by atoms with Crippen molar-refractivity contribution in [3.05, 3.63) is 35.4 Å². The van der Waals surface area contributed by atoms with Gasteiger partial charge in [-0.2, -0.15) is 0 Å². The van der Waals surface area contributed by atoms with Crippen LogP contribution in [0.25, 0.3) is 0 Å². The van der Waals surface area contributed by atoms with Crippen molar-refractivity contribution in [2.24, 2.45) is 0 Å². The summed E-state index contributed by atoms with van der Waals surface area (Å²) in [5.74, 6) is 3.85. The van der Waals surface area contributed by atoms with Crippen LogP contribution in [0.1, 0.15) is 57.1 Å². The van der Waals surface area contributed by atoms with E-state index in [9.17, 15) is 9.59 Å². The van der Waals surface area contributed by atoms with Gasteiger partial charge in [0.2, 0.25) is 0 Å². The van der Waals surface area contributed by atoms with Crippen molar-refractivity contribution in [2.75, 3.05) is 13.2 Å². The summed E-state index contributed by atoms with van der Waals surface area (Å²) in [4.78, 5) is 24.4. The molecule has 0 saturated carbocycles. The molecule has 23 heavy (non-hydrogen) atoms. The van der Waals surface area contributed by atoms with Gasteiger partial charge in [-0.3, -0.25) is 9.59 Å². The number of esters is 2. The van der Waals surface area contributed by atoms with Gasteiger partial charge in [-0.1, -0.05) is 43.4 Å². The second kappa shape index (κ2) is 10.4. The molecule has 1 aromatic rings. The van der Waals surface area contributed by atoms with E-state index >= 15 is 0 Å². The molecule has 0 saturated heterocycles. The summed E-state index contributed by atoms with van der Waals surface area (Å²) in [5.41, 5.74) is 1.20. The second-order valence-electron chi connectivity index (χ2n) is 4.93. The van der Waals surface area contributed by atoms with Gasteiger partial charge in [0.25, 0.3) is 0 Å². The van der Waals surface area contributed by atoms with Gasteiger partial charge in [-0.15, -0.1) is 0 Å². The summed E-state index contributed by atoms with van der Waals surface area (Å²) in [7, 11) is 0. The van der Waals surface area contributed by atoms with E-state index in [2.05, 4.69) is 18.8 Å². The van der Waals surface area contributed by atoms with Crippen molar-refractivity contribution >= 4 is 11.9 Å². The molecule has 0 heterocycles. The summed E-state index contributed by atoms with van der Waals surface area (Å²) in [5, 5.41) is 0. The van der Waals surface area contributed by atoms with E-state index in [1.807, 2.05) is 6.07 Å². The highest BCUT2D eigenvalue weighted by atomic mass is 16.6. The van der Waals surface area contributed by atoms with Crippen molar-refractivity contribution in [1.29, 1.82) is 0 Å². The molecule has 0 aromatic heterocycles. The van der Waals surface area contributed by atoms with Crippen LogP contribution in [0, 0.1) is 11.8 Å². The number of ether oxygens (including phenoxy) is 2. The molecule has 0 N–H and O–H groups in total. The molecule has 0 amide bonds. The molecule has 0 atom stereocenters. The molecule has 0 aliphatic heterocycles. The lowest BCUT2D eigenvalue weighted by Gasteiger charge is -2.16. The number of carbonyl (C=O) groups excluding carboxylic acids is 2. The monoisotopic (exact) mass is 316 g/mol. The van der Waals surface area contributed by atoms with Gasteiger partial charge in [-0.05, 0) is 31.9 Å². The molecule has 1 aromatic carbocycles. The normalized spacial score (nSPS) is 9.91. The van der Waals surface area contributed by atoms with Crippen LogP contribution in [0.3, 0.4) is 0 Å². The predicted molar refractivity (Wildman–Crippen MR) is 88.9 cm³/mol. The molecule has 1 rings (SSSR count). The summed E-state index contributed by atoms with van der Waals surface area (Å²) in [6.07, 6.45) is 2.88. The minimum absolute atomic E-state index is 0.207. The Balaban J connectivity index is 3.16. The largest absolute Gasteiger partial charge is 0.465 e. The molecular formula is C19H24O4. The lowest BCUT2D eigenvalue weighted by Crippen LogP contribution is -2.26. The summed E-state index contributed by atoms with van der Waals surface area (Å²) >= 11 is 0. The van der Waals surface area contributed by atoms with Crippen LogP contribution in [-0.2, 0) is 19.1 Å². The van der Waals surface area contributed by atoms with Crippen molar-refractivity contribution in [1.82, 2.24) is 0 Å². The third-order valence-corrected chi connectivity index (χ3v) is 3.19. The van der Waals surface area contributed by atoms with Crippen LogP contribution >= 0.6 is 0 Å². The van der Waals surface area contributed by atoms with Gasteiger partial charge in [0, 0.05) is 12.0 Å².